The lowest BCUT2D eigenvalue weighted by Gasteiger charge is -2.32. The van der Waals surface area contributed by atoms with Gasteiger partial charge in [-0.3, -0.25) is 4.99 Å². The van der Waals surface area contributed by atoms with Crippen molar-refractivity contribution < 1.29 is 0 Å². The summed E-state index contributed by atoms with van der Waals surface area (Å²) >= 11 is 1.90. The molecule has 16 heavy (non-hydrogen) atoms. The molecule has 3 heteroatoms. The van der Waals surface area contributed by atoms with E-state index >= 15 is 0 Å². The van der Waals surface area contributed by atoms with Crippen molar-refractivity contribution in [3.63, 3.8) is 0 Å². The molecule has 1 aliphatic heterocycles. The Morgan fingerprint density at radius 1 is 1.31 bits per heavy atom. The number of allylic oxidation sites excluding steroid dienone is 2. The first-order valence-corrected chi connectivity index (χ1v) is 7.51. The molecule has 2 nitrogen and oxygen atoms in total. The van der Waals surface area contributed by atoms with Crippen molar-refractivity contribution in [2.24, 2.45) is 28.7 Å². The molecule has 4 rings (SSSR count). The summed E-state index contributed by atoms with van der Waals surface area (Å²) in [5.74, 6) is 4.96. The quantitative estimate of drug-likeness (QED) is 0.704. The molecule has 0 aromatic rings. The molecule has 2 fully saturated rings. The van der Waals surface area contributed by atoms with Gasteiger partial charge in [-0.25, -0.2) is 0 Å². The van der Waals surface area contributed by atoms with Crippen molar-refractivity contribution in [1.82, 2.24) is 5.32 Å². The van der Waals surface area contributed by atoms with Crippen LogP contribution in [0, 0.1) is 23.7 Å². The van der Waals surface area contributed by atoms with Crippen LogP contribution in [-0.4, -0.2) is 23.5 Å². The monoisotopic (exact) mass is 234 g/mol. The lowest BCUT2D eigenvalue weighted by Crippen LogP contribution is -2.41. The molecule has 5 unspecified atom stereocenters. The molecule has 4 aliphatic rings. The van der Waals surface area contributed by atoms with E-state index in [-0.39, 0.29) is 0 Å². The number of hydrogen-bond acceptors (Lipinski definition) is 3. The predicted octanol–water partition coefficient (Wildman–Crippen LogP) is 2.28. The van der Waals surface area contributed by atoms with E-state index in [0.29, 0.717) is 0 Å². The van der Waals surface area contributed by atoms with Crippen molar-refractivity contribution >= 4 is 16.9 Å². The van der Waals surface area contributed by atoms with E-state index in [4.69, 9.17) is 0 Å². The van der Waals surface area contributed by atoms with Crippen LogP contribution in [0.4, 0.5) is 0 Å². The van der Waals surface area contributed by atoms with E-state index in [0.717, 1.165) is 36.3 Å². The van der Waals surface area contributed by atoms with E-state index in [2.05, 4.69) is 22.5 Å². The van der Waals surface area contributed by atoms with Crippen LogP contribution in [0.15, 0.2) is 17.1 Å². The highest BCUT2D eigenvalue weighted by Crippen LogP contribution is 2.56. The number of hydrogen-bond donors (Lipinski definition) is 1. The van der Waals surface area contributed by atoms with Crippen LogP contribution >= 0.6 is 11.8 Å². The van der Waals surface area contributed by atoms with Crippen LogP contribution in [0.3, 0.4) is 0 Å². The van der Waals surface area contributed by atoms with Crippen LogP contribution in [0.5, 0.6) is 0 Å². The molecule has 0 amide bonds. The fraction of sp³-hybridized carbons (Fsp3) is 0.769. The molecule has 0 spiro atoms. The Bertz CT molecular complexity index is 363. The highest BCUT2D eigenvalue weighted by atomic mass is 32.2. The zero-order valence-electron chi connectivity index (χ0n) is 9.43. The smallest absolute Gasteiger partial charge is 0.156 e. The molecule has 86 valence electrons. The molecule has 5 atom stereocenters. The topological polar surface area (TPSA) is 24.4 Å². The number of nitrogens with zero attached hydrogens (tertiary/aromatic N) is 1. The van der Waals surface area contributed by atoms with Gasteiger partial charge >= 0.3 is 0 Å². The van der Waals surface area contributed by atoms with Gasteiger partial charge in [-0.15, -0.1) is 0 Å². The first kappa shape index (κ1) is 9.58. The SMILES string of the molecule is C1=CC2C(C1)C1CC(NC3=NCCS3)C2C1. The third-order valence-electron chi connectivity index (χ3n) is 4.90. The number of rotatable bonds is 1. The molecule has 1 heterocycles. The van der Waals surface area contributed by atoms with Gasteiger partial charge in [-0.2, -0.15) is 0 Å². The molecule has 3 aliphatic carbocycles. The molecule has 1 N–H and O–H groups in total. The van der Waals surface area contributed by atoms with Crippen molar-refractivity contribution in [3.8, 4) is 0 Å². The molecule has 0 aromatic heterocycles. The normalized spacial score (nSPS) is 48.5. The van der Waals surface area contributed by atoms with Gasteiger partial charge in [0.05, 0.1) is 6.54 Å². The highest BCUT2D eigenvalue weighted by molar-refractivity contribution is 8.14. The number of fused-ring (bicyclic) bond motifs is 5. The minimum absolute atomic E-state index is 0.721. The Morgan fingerprint density at radius 2 is 2.31 bits per heavy atom. The average molecular weight is 234 g/mol. The van der Waals surface area contributed by atoms with Gasteiger partial charge in [-0.05, 0) is 42.9 Å². The third-order valence-corrected chi connectivity index (χ3v) is 5.81. The van der Waals surface area contributed by atoms with Gasteiger partial charge in [0.25, 0.3) is 0 Å². The van der Waals surface area contributed by atoms with Crippen LogP contribution in [0.1, 0.15) is 19.3 Å². The Morgan fingerprint density at radius 3 is 3.19 bits per heavy atom. The van der Waals surface area contributed by atoms with Crippen LogP contribution in [-0.2, 0) is 0 Å². The fourth-order valence-corrected chi connectivity index (χ4v) is 5.09. The van der Waals surface area contributed by atoms with Gasteiger partial charge < -0.3 is 5.32 Å². The Balaban J connectivity index is 1.49. The summed E-state index contributed by atoms with van der Waals surface area (Å²) in [5.41, 5.74) is 0. The van der Waals surface area contributed by atoms with E-state index in [1.165, 1.54) is 30.2 Å². The van der Waals surface area contributed by atoms with Gasteiger partial charge in [-0.1, -0.05) is 23.9 Å². The number of amidine groups is 1. The summed E-state index contributed by atoms with van der Waals surface area (Å²) in [6.07, 6.45) is 9.13. The summed E-state index contributed by atoms with van der Waals surface area (Å²) in [6.45, 7) is 1.01. The maximum Gasteiger partial charge on any atom is 0.156 e. The Hall–Kier alpha value is -0.440. The lowest BCUT2D eigenvalue weighted by molar-refractivity contribution is 0.247. The third kappa shape index (κ3) is 1.30. The number of thioether (sulfide) groups is 1. The van der Waals surface area contributed by atoms with E-state index in [9.17, 15) is 0 Å². The zero-order valence-corrected chi connectivity index (χ0v) is 10.2. The molecule has 2 bridgehead atoms. The molecular formula is C13H18N2S. The highest BCUT2D eigenvalue weighted by Gasteiger charge is 2.52. The minimum atomic E-state index is 0.721. The standard InChI is InChI=1S/C13H18N2S/c1-2-9-8-6-11(10(9)3-1)12(7-8)15-13-14-4-5-16-13/h1,3,8-12H,2,4-7H2,(H,14,15). The second kappa shape index (κ2) is 3.52. The van der Waals surface area contributed by atoms with Crippen molar-refractivity contribution in [3.05, 3.63) is 12.2 Å². The molecular weight excluding hydrogens is 216 g/mol. The summed E-state index contributed by atoms with van der Waals surface area (Å²) in [7, 11) is 0. The molecule has 0 saturated heterocycles. The Kier molecular flexibility index (Phi) is 2.11. The molecule has 0 aromatic carbocycles. The molecule has 0 radical (unpaired) electrons. The van der Waals surface area contributed by atoms with Crippen molar-refractivity contribution in [2.45, 2.75) is 25.3 Å². The second-order valence-electron chi connectivity index (χ2n) is 5.59. The van der Waals surface area contributed by atoms with Crippen LogP contribution < -0.4 is 5.32 Å². The molecule has 2 saturated carbocycles. The van der Waals surface area contributed by atoms with E-state index in [1.807, 2.05) is 11.8 Å². The summed E-state index contributed by atoms with van der Waals surface area (Å²) < 4.78 is 0. The maximum absolute atomic E-state index is 4.52. The fourth-order valence-electron chi connectivity index (χ4n) is 4.29. The zero-order chi connectivity index (χ0) is 10.5. The largest absolute Gasteiger partial charge is 0.362 e. The van der Waals surface area contributed by atoms with Gasteiger partial charge in [0.2, 0.25) is 0 Å². The number of aliphatic imine (C=N–C) groups is 1. The second-order valence-corrected chi connectivity index (χ2v) is 6.67. The van der Waals surface area contributed by atoms with Crippen molar-refractivity contribution in [2.75, 3.05) is 12.3 Å². The first-order valence-electron chi connectivity index (χ1n) is 6.52. The minimum Gasteiger partial charge on any atom is -0.362 e. The lowest BCUT2D eigenvalue weighted by atomic mass is 9.79. The Labute approximate surface area is 101 Å². The van der Waals surface area contributed by atoms with Gasteiger partial charge in [0, 0.05) is 11.8 Å². The van der Waals surface area contributed by atoms with Gasteiger partial charge in [0.15, 0.2) is 5.17 Å². The average Bonchev–Trinajstić information content (AvgIpc) is 2.99. The van der Waals surface area contributed by atoms with Crippen LogP contribution in [0.25, 0.3) is 0 Å². The van der Waals surface area contributed by atoms with E-state index in [1.54, 1.807) is 0 Å². The maximum atomic E-state index is 4.52. The predicted molar refractivity (Wildman–Crippen MR) is 68.6 cm³/mol. The van der Waals surface area contributed by atoms with E-state index < -0.39 is 0 Å². The summed E-state index contributed by atoms with van der Waals surface area (Å²) in [6, 6.07) is 0.721. The first-order chi connectivity index (χ1) is 7.92. The van der Waals surface area contributed by atoms with Gasteiger partial charge in [0.1, 0.15) is 0 Å². The van der Waals surface area contributed by atoms with Crippen molar-refractivity contribution in [1.29, 1.82) is 0 Å². The summed E-state index contributed by atoms with van der Waals surface area (Å²) in [4.78, 5) is 4.52. The number of nitrogens with one attached hydrogen (secondary N) is 1. The summed E-state index contributed by atoms with van der Waals surface area (Å²) in [5, 5.41) is 4.92. The van der Waals surface area contributed by atoms with Crippen LogP contribution in [0.2, 0.25) is 0 Å².